The molecule has 16 heavy (non-hydrogen) atoms. The van der Waals surface area contributed by atoms with Gasteiger partial charge >= 0.3 is 0 Å². The molecule has 4 heteroatoms. The first-order chi connectivity index (χ1) is 7.42. The van der Waals surface area contributed by atoms with Gasteiger partial charge in [-0.3, -0.25) is 4.98 Å². The summed E-state index contributed by atoms with van der Waals surface area (Å²) >= 11 is 3.55. The van der Waals surface area contributed by atoms with E-state index in [-0.39, 0.29) is 11.0 Å². The minimum Gasteiger partial charge on any atom is -0.495 e. The summed E-state index contributed by atoms with van der Waals surface area (Å²) in [5.74, 6) is 0.802. The van der Waals surface area contributed by atoms with Gasteiger partial charge in [-0.25, -0.2) is 0 Å². The SMILES string of the molecule is COc1cncc(Br)c1C(C)(C)C1(N)CC1. The molecule has 0 atom stereocenters. The Balaban J connectivity index is 2.54. The number of aromatic nitrogens is 1. The molecule has 1 fully saturated rings. The van der Waals surface area contributed by atoms with Gasteiger partial charge in [-0.15, -0.1) is 0 Å². The number of pyridine rings is 1. The number of rotatable bonds is 3. The molecule has 0 aromatic carbocycles. The van der Waals surface area contributed by atoms with Crippen molar-refractivity contribution < 1.29 is 4.74 Å². The predicted octanol–water partition coefficient (Wildman–Crippen LogP) is 2.62. The van der Waals surface area contributed by atoms with Gasteiger partial charge in [-0.1, -0.05) is 13.8 Å². The molecule has 2 N–H and O–H groups in total. The van der Waals surface area contributed by atoms with Gasteiger partial charge in [0, 0.05) is 27.2 Å². The third kappa shape index (κ3) is 1.64. The maximum atomic E-state index is 6.35. The van der Waals surface area contributed by atoms with E-state index in [2.05, 4.69) is 34.8 Å². The Morgan fingerprint density at radius 1 is 1.44 bits per heavy atom. The fourth-order valence-corrected chi connectivity index (χ4v) is 3.00. The van der Waals surface area contributed by atoms with E-state index < -0.39 is 0 Å². The first kappa shape index (κ1) is 11.9. The van der Waals surface area contributed by atoms with E-state index >= 15 is 0 Å². The number of halogens is 1. The summed E-state index contributed by atoms with van der Waals surface area (Å²) < 4.78 is 6.35. The van der Waals surface area contributed by atoms with E-state index in [4.69, 9.17) is 10.5 Å². The van der Waals surface area contributed by atoms with Gasteiger partial charge in [0.1, 0.15) is 5.75 Å². The minimum absolute atomic E-state index is 0.107. The van der Waals surface area contributed by atoms with Gasteiger partial charge in [0.2, 0.25) is 0 Å². The van der Waals surface area contributed by atoms with Crippen LogP contribution in [0.3, 0.4) is 0 Å². The van der Waals surface area contributed by atoms with Crippen molar-refractivity contribution in [3.63, 3.8) is 0 Å². The third-order valence-corrected chi connectivity index (χ3v) is 4.34. The molecular weight excluding hydrogens is 268 g/mol. The minimum atomic E-state index is -0.111. The summed E-state index contributed by atoms with van der Waals surface area (Å²) in [4.78, 5) is 4.12. The molecule has 1 aliphatic rings. The van der Waals surface area contributed by atoms with Gasteiger partial charge in [-0.2, -0.15) is 0 Å². The Morgan fingerprint density at radius 3 is 2.56 bits per heavy atom. The van der Waals surface area contributed by atoms with Crippen molar-refractivity contribution in [2.45, 2.75) is 37.6 Å². The van der Waals surface area contributed by atoms with Crippen molar-refractivity contribution in [3.05, 3.63) is 22.4 Å². The molecule has 0 saturated heterocycles. The normalized spacial score (nSPS) is 18.3. The molecule has 88 valence electrons. The fourth-order valence-electron chi connectivity index (χ4n) is 2.19. The monoisotopic (exact) mass is 284 g/mol. The highest BCUT2D eigenvalue weighted by Gasteiger charge is 2.53. The van der Waals surface area contributed by atoms with Gasteiger partial charge in [0.05, 0.1) is 13.3 Å². The predicted molar refractivity (Wildman–Crippen MR) is 67.7 cm³/mol. The van der Waals surface area contributed by atoms with E-state index in [1.165, 1.54) is 0 Å². The average Bonchev–Trinajstić information content (AvgIpc) is 2.97. The van der Waals surface area contributed by atoms with Gasteiger partial charge in [0.15, 0.2) is 0 Å². The van der Waals surface area contributed by atoms with Gasteiger partial charge < -0.3 is 10.5 Å². The number of hydrogen-bond acceptors (Lipinski definition) is 3. The Bertz CT molecular complexity index is 413. The number of nitrogens with zero attached hydrogens (tertiary/aromatic N) is 1. The maximum Gasteiger partial charge on any atom is 0.142 e. The van der Waals surface area contributed by atoms with Crippen molar-refractivity contribution in [2.24, 2.45) is 5.73 Å². The van der Waals surface area contributed by atoms with Gasteiger partial charge in [-0.05, 0) is 28.8 Å². The smallest absolute Gasteiger partial charge is 0.142 e. The van der Waals surface area contributed by atoms with Crippen molar-refractivity contribution in [3.8, 4) is 5.75 Å². The lowest BCUT2D eigenvalue weighted by Crippen LogP contribution is -2.43. The second kappa shape index (κ2) is 3.70. The first-order valence-electron chi connectivity index (χ1n) is 5.39. The number of hydrogen-bond donors (Lipinski definition) is 1. The molecule has 1 aliphatic carbocycles. The Morgan fingerprint density at radius 2 is 2.06 bits per heavy atom. The second-order valence-electron chi connectivity index (χ2n) is 4.98. The summed E-state index contributed by atoms with van der Waals surface area (Å²) in [6.45, 7) is 4.34. The quantitative estimate of drug-likeness (QED) is 0.928. The van der Waals surface area contributed by atoms with Crippen LogP contribution in [-0.2, 0) is 5.41 Å². The molecule has 1 aromatic heterocycles. The zero-order chi connectivity index (χ0) is 12.0. The van der Waals surface area contributed by atoms with E-state index in [1.807, 2.05) is 0 Å². The third-order valence-electron chi connectivity index (χ3n) is 3.74. The highest BCUT2D eigenvalue weighted by molar-refractivity contribution is 9.10. The van der Waals surface area contributed by atoms with E-state index in [9.17, 15) is 0 Å². The van der Waals surface area contributed by atoms with Crippen LogP contribution in [0.25, 0.3) is 0 Å². The molecule has 0 radical (unpaired) electrons. The van der Waals surface area contributed by atoms with E-state index in [0.29, 0.717) is 0 Å². The molecule has 0 spiro atoms. The van der Waals surface area contributed by atoms with Crippen molar-refractivity contribution in [1.82, 2.24) is 4.98 Å². The standard InChI is InChI=1S/C12H17BrN2O/c1-11(2,12(14)4-5-12)10-8(13)6-15-7-9(10)16-3/h6-7H,4-5,14H2,1-3H3. The van der Waals surface area contributed by atoms with Crippen LogP contribution in [0.4, 0.5) is 0 Å². The maximum absolute atomic E-state index is 6.35. The van der Waals surface area contributed by atoms with Crippen LogP contribution in [0, 0.1) is 0 Å². The van der Waals surface area contributed by atoms with Crippen LogP contribution in [0.2, 0.25) is 0 Å². The van der Waals surface area contributed by atoms with Crippen molar-refractivity contribution in [1.29, 1.82) is 0 Å². The van der Waals surface area contributed by atoms with Crippen molar-refractivity contribution in [2.75, 3.05) is 7.11 Å². The van der Waals surface area contributed by atoms with Crippen LogP contribution >= 0.6 is 15.9 Å². The van der Waals surface area contributed by atoms with Crippen LogP contribution < -0.4 is 10.5 Å². The second-order valence-corrected chi connectivity index (χ2v) is 5.83. The summed E-state index contributed by atoms with van der Waals surface area (Å²) in [6.07, 6.45) is 5.68. The summed E-state index contributed by atoms with van der Waals surface area (Å²) in [5.41, 5.74) is 7.25. The van der Waals surface area contributed by atoms with E-state index in [0.717, 1.165) is 28.6 Å². The van der Waals surface area contributed by atoms with Crippen molar-refractivity contribution >= 4 is 15.9 Å². The van der Waals surface area contributed by atoms with Gasteiger partial charge in [0.25, 0.3) is 0 Å². The molecule has 0 unspecified atom stereocenters. The zero-order valence-corrected chi connectivity index (χ0v) is 11.5. The Kier molecular flexibility index (Phi) is 2.75. The lowest BCUT2D eigenvalue weighted by Gasteiger charge is -2.34. The molecule has 0 bridgehead atoms. The topological polar surface area (TPSA) is 48.1 Å². The first-order valence-corrected chi connectivity index (χ1v) is 6.18. The summed E-state index contributed by atoms with van der Waals surface area (Å²) in [6, 6.07) is 0. The molecular formula is C12H17BrN2O. The molecule has 1 heterocycles. The van der Waals surface area contributed by atoms with Crippen LogP contribution in [-0.4, -0.2) is 17.6 Å². The number of methoxy groups -OCH3 is 1. The van der Waals surface area contributed by atoms with Crippen LogP contribution in [0.1, 0.15) is 32.3 Å². The lowest BCUT2D eigenvalue weighted by atomic mass is 9.76. The Hall–Kier alpha value is -0.610. The molecule has 0 aliphatic heterocycles. The highest BCUT2D eigenvalue weighted by Crippen LogP contribution is 2.52. The molecule has 1 aromatic rings. The van der Waals surface area contributed by atoms with Crippen LogP contribution in [0.5, 0.6) is 5.75 Å². The number of ether oxygens (including phenoxy) is 1. The molecule has 3 nitrogen and oxygen atoms in total. The molecule has 0 amide bonds. The molecule has 2 rings (SSSR count). The summed E-state index contributed by atoms with van der Waals surface area (Å²) in [7, 11) is 1.67. The fraction of sp³-hybridized carbons (Fsp3) is 0.583. The van der Waals surface area contributed by atoms with Crippen LogP contribution in [0.15, 0.2) is 16.9 Å². The summed E-state index contributed by atoms with van der Waals surface area (Å²) in [5, 5.41) is 0. The molecule has 1 saturated carbocycles. The average molecular weight is 285 g/mol. The number of nitrogens with two attached hydrogens (primary N) is 1. The zero-order valence-electron chi connectivity index (χ0n) is 9.88. The van der Waals surface area contributed by atoms with E-state index in [1.54, 1.807) is 19.5 Å². The highest BCUT2D eigenvalue weighted by atomic mass is 79.9. The largest absolute Gasteiger partial charge is 0.495 e. The lowest BCUT2D eigenvalue weighted by molar-refractivity contribution is 0.350. The Labute approximate surface area is 105 Å².